The standard InChI is InChI=1S/C29H37ClN4O4S/c1-4-5-12-34(28(37)23-8-6-7-9-24(23)30)29-32-31-27(39-29)22-15-19(2)26(20(3)16-22)38-18-21-10-13-33(14-11-21)17-25(35)36/h6-9,15-16,21,23-24H,4-5,10-14,17-18H2,1-3H3,(H,35,36). The van der Waals surface area contributed by atoms with E-state index in [2.05, 4.69) is 29.3 Å². The minimum atomic E-state index is -0.776. The molecule has 0 bridgehead atoms. The third-order valence-electron chi connectivity index (χ3n) is 7.24. The van der Waals surface area contributed by atoms with E-state index in [0.717, 1.165) is 66.2 Å². The number of unbranched alkanes of at least 4 members (excludes halogenated alkanes) is 1. The Labute approximate surface area is 239 Å². The number of anilines is 1. The molecule has 2 unspecified atom stereocenters. The van der Waals surface area contributed by atoms with Crippen molar-refractivity contribution in [2.75, 3.05) is 37.7 Å². The van der Waals surface area contributed by atoms with Gasteiger partial charge >= 0.3 is 5.97 Å². The van der Waals surface area contributed by atoms with Crippen molar-refractivity contribution in [2.24, 2.45) is 11.8 Å². The highest BCUT2D eigenvalue weighted by molar-refractivity contribution is 7.18. The second kappa shape index (κ2) is 13.5. The summed E-state index contributed by atoms with van der Waals surface area (Å²) in [7, 11) is 0. The van der Waals surface area contributed by atoms with Crippen molar-refractivity contribution in [1.29, 1.82) is 0 Å². The molecule has 2 atom stereocenters. The first-order chi connectivity index (χ1) is 18.8. The van der Waals surface area contributed by atoms with Gasteiger partial charge in [-0.1, -0.05) is 49.0 Å². The SMILES string of the molecule is CCCCN(C(=O)C1C=CC=CC1Cl)c1nnc(-c2cc(C)c(OCC3CCN(CC(=O)O)CC3)c(C)c2)s1. The number of carbonyl (C=O) groups is 2. The van der Waals surface area contributed by atoms with Gasteiger partial charge in [0.05, 0.1) is 24.4 Å². The average molecular weight is 573 g/mol. The quantitative estimate of drug-likeness (QED) is 0.356. The summed E-state index contributed by atoms with van der Waals surface area (Å²) in [6.45, 7) is 9.02. The molecule has 4 rings (SSSR count). The van der Waals surface area contributed by atoms with Crippen LogP contribution in [0, 0.1) is 25.7 Å². The van der Waals surface area contributed by atoms with Crippen molar-refractivity contribution in [3.63, 3.8) is 0 Å². The zero-order valence-corrected chi connectivity index (χ0v) is 24.4. The molecule has 1 fully saturated rings. The van der Waals surface area contributed by atoms with Gasteiger partial charge in [0.25, 0.3) is 0 Å². The minimum Gasteiger partial charge on any atom is -0.493 e. The molecule has 1 saturated heterocycles. The summed E-state index contributed by atoms with van der Waals surface area (Å²) in [5.74, 6) is 0.0267. The summed E-state index contributed by atoms with van der Waals surface area (Å²) >= 11 is 7.85. The van der Waals surface area contributed by atoms with Gasteiger partial charge in [0, 0.05) is 12.1 Å². The first kappa shape index (κ1) is 29.2. The van der Waals surface area contributed by atoms with Gasteiger partial charge < -0.3 is 9.84 Å². The number of allylic oxidation sites excluding steroid dienone is 3. The normalized spacial score (nSPS) is 19.8. The van der Waals surface area contributed by atoms with E-state index in [9.17, 15) is 9.59 Å². The third-order valence-corrected chi connectivity index (χ3v) is 8.65. The number of likely N-dealkylation sites (tertiary alicyclic amines) is 1. The molecule has 1 N–H and O–H groups in total. The second-order valence-electron chi connectivity index (χ2n) is 10.3. The molecule has 0 radical (unpaired) electrons. The van der Waals surface area contributed by atoms with Crippen LogP contribution in [0.15, 0.2) is 36.4 Å². The van der Waals surface area contributed by atoms with E-state index < -0.39 is 11.9 Å². The molecule has 2 aliphatic rings. The summed E-state index contributed by atoms with van der Waals surface area (Å²) < 4.78 is 6.27. The van der Waals surface area contributed by atoms with E-state index >= 15 is 0 Å². The van der Waals surface area contributed by atoms with Crippen LogP contribution in [0.3, 0.4) is 0 Å². The molecule has 10 heteroatoms. The smallest absolute Gasteiger partial charge is 0.317 e. The van der Waals surface area contributed by atoms with Gasteiger partial charge in [0.15, 0.2) is 0 Å². The molecule has 1 aliphatic carbocycles. The monoisotopic (exact) mass is 572 g/mol. The highest BCUT2D eigenvalue weighted by atomic mass is 35.5. The molecule has 0 saturated carbocycles. The molecule has 39 heavy (non-hydrogen) atoms. The highest BCUT2D eigenvalue weighted by Gasteiger charge is 2.31. The Kier molecular flexibility index (Phi) is 10.2. The maximum absolute atomic E-state index is 13.4. The molecular formula is C29H37ClN4O4S. The van der Waals surface area contributed by atoms with Crippen LogP contribution < -0.4 is 9.64 Å². The number of aliphatic carboxylic acids is 1. The Hall–Kier alpha value is -2.75. The van der Waals surface area contributed by atoms with Crippen molar-refractivity contribution in [3.05, 3.63) is 47.6 Å². The Morgan fingerprint density at radius 2 is 1.85 bits per heavy atom. The van der Waals surface area contributed by atoms with E-state index in [-0.39, 0.29) is 17.8 Å². The number of rotatable bonds is 11. The minimum absolute atomic E-state index is 0.0587. The fraction of sp³-hybridized carbons (Fsp3) is 0.517. The van der Waals surface area contributed by atoms with E-state index in [0.29, 0.717) is 24.2 Å². The van der Waals surface area contributed by atoms with Gasteiger partial charge in [-0.05, 0) is 75.4 Å². The zero-order valence-electron chi connectivity index (χ0n) is 22.8. The molecule has 1 aromatic carbocycles. The maximum Gasteiger partial charge on any atom is 0.317 e. The molecule has 210 valence electrons. The van der Waals surface area contributed by atoms with Gasteiger partial charge in [0.2, 0.25) is 11.0 Å². The van der Waals surface area contributed by atoms with Crippen molar-refractivity contribution in [3.8, 4) is 16.3 Å². The summed E-state index contributed by atoms with van der Waals surface area (Å²) in [4.78, 5) is 28.1. The fourth-order valence-corrected chi connectivity index (χ4v) is 6.18. The summed E-state index contributed by atoms with van der Waals surface area (Å²) in [5.41, 5.74) is 2.99. The molecule has 1 amide bonds. The predicted molar refractivity (Wildman–Crippen MR) is 156 cm³/mol. The van der Waals surface area contributed by atoms with E-state index in [1.807, 2.05) is 43.1 Å². The van der Waals surface area contributed by atoms with Crippen LogP contribution in [-0.4, -0.2) is 70.2 Å². The lowest BCUT2D eigenvalue weighted by Gasteiger charge is -2.30. The highest BCUT2D eigenvalue weighted by Crippen LogP contribution is 2.35. The second-order valence-corrected chi connectivity index (χ2v) is 11.8. The molecule has 2 aromatic rings. The lowest BCUT2D eigenvalue weighted by molar-refractivity contribution is -0.138. The van der Waals surface area contributed by atoms with Crippen LogP contribution in [0.1, 0.15) is 43.7 Å². The number of piperidine rings is 1. The van der Waals surface area contributed by atoms with Crippen molar-refractivity contribution in [1.82, 2.24) is 15.1 Å². The first-order valence-electron chi connectivity index (χ1n) is 13.6. The number of carboxylic acids is 1. The zero-order chi connectivity index (χ0) is 27.9. The van der Waals surface area contributed by atoms with Gasteiger partial charge in [-0.25, -0.2) is 0 Å². The molecule has 2 heterocycles. The Bertz CT molecular complexity index is 1200. The molecule has 1 aliphatic heterocycles. The van der Waals surface area contributed by atoms with Crippen molar-refractivity contribution >= 4 is 39.9 Å². The van der Waals surface area contributed by atoms with Gasteiger partial charge in [-0.2, -0.15) is 0 Å². The van der Waals surface area contributed by atoms with E-state index in [1.165, 1.54) is 11.3 Å². The Balaban J connectivity index is 1.44. The summed E-state index contributed by atoms with van der Waals surface area (Å²) in [5, 5.41) is 18.8. The van der Waals surface area contributed by atoms with Gasteiger partial charge in [-0.15, -0.1) is 21.8 Å². The number of ether oxygens (including phenoxy) is 1. The van der Waals surface area contributed by atoms with Crippen LogP contribution in [0.5, 0.6) is 5.75 Å². The number of halogens is 1. The number of alkyl halides is 1. The Morgan fingerprint density at radius 3 is 2.49 bits per heavy atom. The molecule has 0 spiro atoms. The van der Waals surface area contributed by atoms with E-state index in [4.69, 9.17) is 21.4 Å². The third kappa shape index (κ3) is 7.47. The average Bonchev–Trinajstić information content (AvgIpc) is 3.39. The maximum atomic E-state index is 13.4. The van der Waals surface area contributed by atoms with Crippen molar-refractivity contribution in [2.45, 2.75) is 51.8 Å². The fourth-order valence-electron chi connectivity index (χ4n) is 5.04. The number of carboxylic acid groups (broad SMARTS) is 1. The Morgan fingerprint density at radius 1 is 1.15 bits per heavy atom. The van der Waals surface area contributed by atoms with Crippen LogP contribution in [0.25, 0.3) is 10.6 Å². The van der Waals surface area contributed by atoms with Crippen LogP contribution >= 0.6 is 22.9 Å². The van der Waals surface area contributed by atoms with E-state index in [1.54, 1.807) is 4.90 Å². The molecule has 1 aromatic heterocycles. The summed E-state index contributed by atoms with van der Waals surface area (Å²) in [6.07, 6.45) is 11.1. The number of aromatic nitrogens is 2. The van der Waals surface area contributed by atoms with Gasteiger partial charge in [-0.3, -0.25) is 19.4 Å². The first-order valence-corrected chi connectivity index (χ1v) is 14.8. The number of hydrogen-bond donors (Lipinski definition) is 1. The number of hydrogen-bond acceptors (Lipinski definition) is 7. The van der Waals surface area contributed by atoms with Crippen molar-refractivity contribution < 1.29 is 19.4 Å². The van der Waals surface area contributed by atoms with Crippen LogP contribution in [0.2, 0.25) is 0 Å². The van der Waals surface area contributed by atoms with Crippen LogP contribution in [0.4, 0.5) is 5.13 Å². The summed E-state index contributed by atoms with van der Waals surface area (Å²) in [6, 6.07) is 4.12. The number of carbonyl (C=O) groups excluding carboxylic acids is 1. The number of benzene rings is 1. The largest absolute Gasteiger partial charge is 0.493 e. The number of amides is 1. The molecule has 8 nitrogen and oxygen atoms in total. The number of aryl methyl sites for hydroxylation is 2. The predicted octanol–water partition coefficient (Wildman–Crippen LogP) is 5.48. The van der Waals surface area contributed by atoms with Crippen LogP contribution in [-0.2, 0) is 9.59 Å². The number of nitrogens with zero attached hydrogens (tertiary/aromatic N) is 4. The lowest BCUT2D eigenvalue weighted by atomic mass is 9.97. The lowest BCUT2D eigenvalue weighted by Crippen LogP contribution is -2.39. The topological polar surface area (TPSA) is 95.9 Å². The van der Waals surface area contributed by atoms with Gasteiger partial charge in [0.1, 0.15) is 10.8 Å². The molecular weight excluding hydrogens is 536 g/mol.